The van der Waals surface area contributed by atoms with Crippen LogP contribution in [0.1, 0.15) is 22.4 Å². The molecular formula is C15H14N2OS. The van der Waals surface area contributed by atoms with Gasteiger partial charge in [0.25, 0.3) is 0 Å². The lowest BCUT2D eigenvalue weighted by atomic mass is 10.2. The molecule has 19 heavy (non-hydrogen) atoms. The van der Waals surface area contributed by atoms with Crippen molar-refractivity contribution < 1.29 is 0 Å². The molecule has 1 aromatic carbocycles. The predicted molar refractivity (Wildman–Crippen MR) is 76.6 cm³/mol. The Bertz CT molecular complexity index is 706. The van der Waals surface area contributed by atoms with E-state index in [0.717, 1.165) is 4.90 Å². The van der Waals surface area contributed by atoms with Crippen molar-refractivity contribution in [2.45, 2.75) is 30.6 Å². The van der Waals surface area contributed by atoms with Crippen molar-refractivity contribution in [1.29, 1.82) is 5.26 Å². The van der Waals surface area contributed by atoms with Crippen LogP contribution in [-0.2, 0) is 0 Å². The van der Waals surface area contributed by atoms with Crippen molar-refractivity contribution >= 4 is 11.8 Å². The highest BCUT2D eigenvalue weighted by molar-refractivity contribution is 7.99. The molecule has 0 amide bonds. The smallest absolute Gasteiger partial charge is 0.249 e. The predicted octanol–water partition coefficient (Wildman–Crippen LogP) is 3.32. The monoisotopic (exact) mass is 270 g/mol. The lowest BCUT2D eigenvalue weighted by Crippen LogP contribution is -2.08. The van der Waals surface area contributed by atoms with Crippen molar-refractivity contribution in [3.63, 3.8) is 0 Å². The number of rotatable bonds is 2. The number of pyridine rings is 1. The molecule has 0 aliphatic heterocycles. The fraction of sp³-hybridized carbons (Fsp3) is 0.200. The summed E-state index contributed by atoms with van der Waals surface area (Å²) in [6.45, 7) is 5.81. The maximum atomic E-state index is 11.5. The molecule has 0 aliphatic carbocycles. The minimum atomic E-state index is -0.177. The van der Waals surface area contributed by atoms with Crippen LogP contribution in [0, 0.1) is 32.1 Å². The number of benzene rings is 1. The van der Waals surface area contributed by atoms with Gasteiger partial charge in [0.2, 0.25) is 5.56 Å². The number of nitrogens with one attached hydrogen (secondary N) is 1. The second kappa shape index (κ2) is 5.33. The van der Waals surface area contributed by atoms with E-state index >= 15 is 0 Å². The molecule has 1 aromatic heterocycles. The van der Waals surface area contributed by atoms with Gasteiger partial charge in [-0.05, 0) is 44.0 Å². The van der Waals surface area contributed by atoms with Gasteiger partial charge >= 0.3 is 0 Å². The Labute approximate surface area is 116 Å². The summed E-state index contributed by atoms with van der Waals surface area (Å²) >= 11 is 1.45. The fourth-order valence-corrected chi connectivity index (χ4v) is 3.21. The summed E-state index contributed by atoms with van der Waals surface area (Å²) in [6, 6.07) is 9.83. The Morgan fingerprint density at radius 3 is 2.32 bits per heavy atom. The zero-order valence-electron chi connectivity index (χ0n) is 11.1. The van der Waals surface area contributed by atoms with Gasteiger partial charge in [0.15, 0.2) is 0 Å². The fourth-order valence-electron chi connectivity index (χ4n) is 2.00. The zero-order valence-corrected chi connectivity index (χ0v) is 11.9. The normalized spacial score (nSPS) is 10.2. The molecule has 1 N–H and O–H groups in total. The van der Waals surface area contributed by atoms with Crippen molar-refractivity contribution in [2.75, 3.05) is 0 Å². The Morgan fingerprint density at radius 2 is 1.74 bits per heavy atom. The number of aromatic amines is 1. The van der Waals surface area contributed by atoms with Crippen molar-refractivity contribution in [3.05, 3.63) is 57.0 Å². The summed E-state index contributed by atoms with van der Waals surface area (Å²) in [5.74, 6) is 0. The maximum Gasteiger partial charge on any atom is 0.249 e. The van der Waals surface area contributed by atoms with Crippen LogP contribution in [0.15, 0.2) is 38.9 Å². The number of H-pyrrole nitrogens is 1. The van der Waals surface area contributed by atoms with Gasteiger partial charge in [-0.25, -0.2) is 0 Å². The highest BCUT2D eigenvalue weighted by atomic mass is 32.2. The molecule has 96 valence electrons. The van der Waals surface area contributed by atoms with Crippen molar-refractivity contribution in [1.82, 2.24) is 4.98 Å². The number of aromatic nitrogens is 1. The number of nitrogens with zero attached hydrogens (tertiary/aromatic N) is 1. The molecule has 3 nitrogen and oxygen atoms in total. The molecule has 0 unspecified atom stereocenters. The highest BCUT2D eigenvalue weighted by Gasteiger charge is 2.09. The molecule has 1 heterocycles. The van der Waals surface area contributed by atoms with Crippen LogP contribution in [0.5, 0.6) is 0 Å². The quantitative estimate of drug-likeness (QED) is 0.910. The first-order chi connectivity index (χ1) is 8.99. The van der Waals surface area contributed by atoms with Crippen LogP contribution >= 0.6 is 11.8 Å². The third-order valence-corrected chi connectivity index (χ3v) is 3.74. The van der Waals surface area contributed by atoms with Gasteiger partial charge in [-0.3, -0.25) is 4.79 Å². The number of hydrogen-bond acceptors (Lipinski definition) is 3. The van der Waals surface area contributed by atoms with Crippen LogP contribution in [0.2, 0.25) is 0 Å². The van der Waals surface area contributed by atoms with E-state index in [4.69, 9.17) is 0 Å². The largest absolute Gasteiger partial charge is 0.325 e. The molecule has 0 fully saturated rings. The molecule has 0 saturated carbocycles. The third kappa shape index (κ3) is 3.07. The third-order valence-electron chi connectivity index (χ3n) is 2.73. The molecule has 4 heteroatoms. The number of aryl methyl sites for hydroxylation is 3. The topological polar surface area (TPSA) is 56.6 Å². The molecule has 0 radical (unpaired) electrons. The van der Waals surface area contributed by atoms with E-state index in [1.807, 2.05) is 13.8 Å². The van der Waals surface area contributed by atoms with E-state index in [1.165, 1.54) is 29.0 Å². The number of nitriles is 1. The summed E-state index contributed by atoms with van der Waals surface area (Å²) in [5.41, 5.74) is 3.30. The molecule has 0 saturated heterocycles. The molecule has 2 rings (SSSR count). The first-order valence-electron chi connectivity index (χ1n) is 5.90. The standard InChI is InChI=1S/C15H14N2OS/c1-9-4-10(2)6-12(5-9)19-14-7-15(18)17-11(3)13(14)8-16/h4-7H,1-3H3,(H,17,18). The van der Waals surface area contributed by atoms with Crippen LogP contribution in [0.25, 0.3) is 0 Å². The van der Waals surface area contributed by atoms with Crippen LogP contribution in [0.3, 0.4) is 0 Å². The van der Waals surface area contributed by atoms with Gasteiger partial charge in [-0.2, -0.15) is 5.26 Å². The first-order valence-corrected chi connectivity index (χ1v) is 6.71. The molecule has 0 atom stereocenters. The van der Waals surface area contributed by atoms with Crippen LogP contribution < -0.4 is 5.56 Å². The lowest BCUT2D eigenvalue weighted by Gasteiger charge is -2.07. The van der Waals surface area contributed by atoms with Crippen molar-refractivity contribution in [3.8, 4) is 6.07 Å². The summed E-state index contributed by atoms with van der Waals surface area (Å²) in [5, 5.41) is 9.19. The van der Waals surface area contributed by atoms with E-state index in [2.05, 4.69) is 29.3 Å². The van der Waals surface area contributed by atoms with Crippen LogP contribution in [0.4, 0.5) is 0 Å². The Kier molecular flexibility index (Phi) is 3.77. The van der Waals surface area contributed by atoms with E-state index in [1.54, 1.807) is 6.92 Å². The van der Waals surface area contributed by atoms with Gasteiger partial charge in [0.05, 0.1) is 5.56 Å². The number of hydrogen-bond donors (Lipinski definition) is 1. The zero-order chi connectivity index (χ0) is 14.0. The Balaban J connectivity index is 2.49. The summed E-state index contributed by atoms with van der Waals surface area (Å²) < 4.78 is 0. The second-order valence-electron chi connectivity index (χ2n) is 4.54. The molecule has 0 bridgehead atoms. The van der Waals surface area contributed by atoms with Gasteiger partial charge in [0.1, 0.15) is 6.07 Å². The Morgan fingerprint density at radius 1 is 1.11 bits per heavy atom. The highest BCUT2D eigenvalue weighted by Crippen LogP contribution is 2.31. The van der Waals surface area contributed by atoms with E-state index in [9.17, 15) is 10.1 Å². The van der Waals surface area contributed by atoms with E-state index in [0.29, 0.717) is 16.2 Å². The average Bonchev–Trinajstić information content (AvgIpc) is 2.26. The average molecular weight is 270 g/mol. The van der Waals surface area contributed by atoms with Crippen molar-refractivity contribution in [2.24, 2.45) is 0 Å². The minimum Gasteiger partial charge on any atom is -0.325 e. The minimum absolute atomic E-state index is 0.177. The molecule has 0 spiro atoms. The maximum absolute atomic E-state index is 11.5. The van der Waals surface area contributed by atoms with Gasteiger partial charge in [0, 0.05) is 21.6 Å². The lowest BCUT2D eigenvalue weighted by molar-refractivity contribution is 1.08. The molecule has 2 aromatic rings. The SMILES string of the molecule is Cc1cc(C)cc(Sc2cc(=O)[nH]c(C)c2C#N)c1. The van der Waals surface area contributed by atoms with Crippen LogP contribution in [-0.4, -0.2) is 4.98 Å². The molecular weight excluding hydrogens is 256 g/mol. The second-order valence-corrected chi connectivity index (χ2v) is 5.65. The first kappa shape index (κ1) is 13.4. The summed E-state index contributed by atoms with van der Waals surface area (Å²) in [6.07, 6.45) is 0. The molecule has 0 aliphatic rings. The Hall–Kier alpha value is -1.99. The van der Waals surface area contributed by atoms with Gasteiger partial charge in [-0.15, -0.1) is 0 Å². The van der Waals surface area contributed by atoms with Gasteiger partial charge < -0.3 is 4.98 Å². The van der Waals surface area contributed by atoms with E-state index in [-0.39, 0.29) is 5.56 Å². The summed E-state index contributed by atoms with van der Waals surface area (Å²) in [7, 11) is 0. The summed E-state index contributed by atoms with van der Waals surface area (Å²) in [4.78, 5) is 15.9. The van der Waals surface area contributed by atoms with Gasteiger partial charge in [-0.1, -0.05) is 17.8 Å². The van der Waals surface area contributed by atoms with E-state index < -0.39 is 0 Å².